The van der Waals surface area contributed by atoms with Crippen LogP contribution in [0.1, 0.15) is 32.1 Å². The summed E-state index contributed by atoms with van der Waals surface area (Å²) in [4.78, 5) is 11.8. The minimum absolute atomic E-state index is 0.197. The molecule has 1 fully saturated rings. The van der Waals surface area contributed by atoms with Crippen molar-refractivity contribution < 1.29 is 14.3 Å². The second-order valence-electron chi connectivity index (χ2n) is 4.47. The van der Waals surface area contributed by atoms with E-state index in [-0.39, 0.29) is 11.8 Å². The van der Waals surface area contributed by atoms with Crippen molar-refractivity contribution >= 4 is 5.78 Å². The molecule has 1 aliphatic heterocycles. The highest BCUT2D eigenvalue weighted by Gasteiger charge is 2.20. The molecule has 1 rings (SSSR count). The number of Topliss-reactive ketones (excluding diaryl/α,β-unsaturated/α-hetero) is 1. The van der Waals surface area contributed by atoms with E-state index in [1.54, 1.807) is 7.11 Å². The molecule has 2 N–H and O–H groups in total. The molecule has 0 aliphatic carbocycles. The van der Waals surface area contributed by atoms with Crippen molar-refractivity contribution in [1.29, 1.82) is 0 Å². The van der Waals surface area contributed by atoms with Gasteiger partial charge in [-0.1, -0.05) is 0 Å². The van der Waals surface area contributed by atoms with Crippen LogP contribution < -0.4 is 5.73 Å². The van der Waals surface area contributed by atoms with Crippen molar-refractivity contribution in [2.24, 2.45) is 11.7 Å². The normalized spacial score (nSPS) is 19.6. The molecule has 94 valence electrons. The minimum Gasteiger partial charge on any atom is -0.385 e. The Labute approximate surface area is 97.5 Å². The highest BCUT2D eigenvalue weighted by atomic mass is 16.5. The average Bonchev–Trinajstić information content (AvgIpc) is 2.30. The Morgan fingerprint density at radius 1 is 1.50 bits per heavy atom. The van der Waals surface area contributed by atoms with Crippen molar-refractivity contribution in [1.82, 2.24) is 0 Å². The van der Waals surface area contributed by atoms with Crippen LogP contribution in [-0.4, -0.2) is 38.8 Å². The van der Waals surface area contributed by atoms with Gasteiger partial charge in [0.05, 0.1) is 6.04 Å². The van der Waals surface area contributed by atoms with E-state index in [9.17, 15) is 4.79 Å². The van der Waals surface area contributed by atoms with E-state index < -0.39 is 0 Å². The highest BCUT2D eigenvalue weighted by molar-refractivity contribution is 5.83. The van der Waals surface area contributed by atoms with Gasteiger partial charge in [-0.25, -0.2) is 0 Å². The van der Waals surface area contributed by atoms with Crippen LogP contribution in [0.25, 0.3) is 0 Å². The lowest BCUT2D eigenvalue weighted by atomic mass is 9.91. The van der Waals surface area contributed by atoms with Gasteiger partial charge in [0.2, 0.25) is 0 Å². The molecule has 1 heterocycles. The summed E-state index contributed by atoms with van der Waals surface area (Å²) in [7, 11) is 1.66. The minimum atomic E-state index is -0.307. The van der Waals surface area contributed by atoms with E-state index in [0.29, 0.717) is 18.9 Å². The first kappa shape index (κ1) is 13.6. The van der Waals surface area contributed by atoms with Crippen molar-refractivity contribution in [3.05, 3.63) is 0 Å². The third kappa shape index (κ3) is 5.05. The molecule has 4 heteroatoms. The van der Waals surface area contributed by atoms with Crippen LogP contribution in [0.4, 0.5) is 0 Å². The molecule has 1 atom stereocenters. The van der Waals surface area contributed by atoms with Crippen LogP contribution in [0.5, 0.6) is 0 Å². The second-order valence-corrected chi connectivity index (χ2v) is 4.47. The SMILES string of the molecule is COCCCC(N)C(=O)CC1CCOCC1. The lowest BCUT2D eigenvalue weighted by Crippen LogP contribution is -2.33. The summed E-state index contributed by atoms with van der Waals surface area (Å²) in [6, 6.07) is -0.307. The molecule has 0 spiro atoms. The van der Waals surface area contributed by atoms with Crippen molar-refractivity contribution in [3.63, 3.8) is 0 Å². The van der Waals surface area contributed by atoms with Gasteiger partial charge in [-0.05, 0) is 31.6 Å². The molecule has 0 aromatic carbocycles. The number of rotatable bonds is 7. The summed E-state index contributed by atoms with van der Waals surface area (Å²) >= 11 is 0. The van der Waals surface area contributed by atoms with E-state index in [4.69, 9.17) is 15.2 Å². The number of carbonyl (C=O) groups is 1. The Hall–Kier alpha value is -0.450. The Bertz CT molecular complexity index is 202. The molecule has 0 bridgehead atoms. The molecule has 4 nitrogen and oxygen atoms in total. The van der Waals surface area contributed by atoms with Crippen LogP contribution in [0.3, 0.4) is 0 Å². The molecule has 0 saturated carbocycles. The topological polar surface area (TPSA) is 61.5 Å². The first-order valence-corrected chi connectivity index (χ1v) is 6.09. The van der Waals surface area contributed by atoms with Gasteiger partial charge in [0, 0.05) is 33.4 Å². The molecular weight excluding hydrogens is 206 g/mol. The standard InChI is InChI=1S/C12H23NO3/c1-15-6-2-3-11(13)12(14)9-10-4-7-16-8-5-10/h10-11H,2-9,13H2,1H3. The molecule has 0 aromatic rings. The summed E-state index contributed by atoms with van der Waals surface area (Å²) in [6.45, 7) is 2.26. The molecule has 1 aliphatic rings. The van der Waals surface area contributed by atoms with E-state index in [0.717, 1.165) is 38.9 Å². The lowest BCUT2D eigenvalue weighted by molar-refractivity contribution is -0.122. The van der Waals surface area contributed by atoms with Crippen LogP contribution in [0.15, 0.2) is 0 Å². The van der Waals surface area contributed by atoms with E-state index in [2.05, 4.69) is 0 Å². The van der Waals surface area contributed by atoms with Gasteiger partial charge in [0.15, 0.2) is 0 Å². The number of methoxy groups -OCH3 is 1. The van der Waals surface area contributed by atoms with Gasteiger partial charge >= 0.3 is 0 Å². The van der Waals surface area contributed by atoms with Gasteiger partial charge in [-0.15, -0.1) is 0 Å². The fourth-order valence-corrected chi connectivity index (χ4v) is 1.99. The van der Waals surface area contributed by atoms with Crippen LogP contribution >= 0.6 is 0 Å². The van der Waals surface area contributed by atoms with Gasteiger partial charge < -0.3 is 15.2 Å². The molecule has 0 radical (unpaired) electrons. The highest BCUT2D eigenvalue weighted by Crippen LogP contribution is 2.19. The summed E-state index contributed by atoms with van der Waals surface area (Å²) in [5.41, 5.74) is 5.84. The maximum absolute atomic E-state index is 11.8. The van der Waals surface area contributed by atoms with Crippen molar-refractivity contribution in [2.45, 2.75) is 38.1 Å². The summed E-state index contributed by atoms with van der Waals surface area (Å²) in [5, 5.41) is 0. The average molecular weight is 229 g/mol. The maximum atomic E-state index is 11.8. The van der Waals surface area contributed by atoms with Gasteiger partial charge in [0.25, 0.3) is 0 Å². The predicted molar refractivity (Wildman–Crippen MR) is 62.3 cm³/mol. The number of carbonyl (C=O) groups excluding carboxylic acids is 1. The number of hydrogen-bond donors (Lipinski definition) is 1. The number of nitrogens with two attached hydrogens (primary N) is 1. The fourth-order valence-electron chi connectivity index (χ4n) is 1.99. The zero-order valence-electron chi connectivity index (χ0n) is 10.1. The monoisotopic (exact) mass is 229 g/mol. The van der Waals surface area contributed by atoms with E-state index in [1.165, 1.54) is 0 Å². The van der Waals surface area contributed by atoms with Gasteiger partial charge in [-0.3, -0.25) is 4.79 Å². The van der Waals surface area contributed by atoms with Gasteiger partial charge in [0.1, 0.15) is 5.78 Å². The molecule has 1 saturated heterocycles. The molecule has 16 heavy (non-hydrogen) atoms. The Kier molecular flexibility index (Phi) is 6.61. The molecular formula is C12H23NO3. The summed E-state index contributed by atoms with van der Waals surface area (Å²) in [6.07, 6.45) is 4.21. The number of ketones is 1. The Morgan fingerprint density at radius 3 is 2.81 bits per heavy atom. The quantitative estimate of drug-likeness (QED) is 0.665. The third-order valence-corrected chi connectivity index (χ3v) is 3.11. The smallest absolute Gasteiger partial charge is 0.149 e. The predicted octanol–water partition coefficient (Wildman–Crippen LogP) is 1.13. The zero-order chi connectivity index (χ0) is 11.8. The summed E-state index contributed by atoms with van der Waals surface area (Å²) < 4.78 is 10.2. The van der Waals surface area contributed by atoms with Crippen LogP contribution in [0, 0.1) is 5.92 Å². The lowest BCUT2D eigenvalue weighted by Gasteiger charge is -2.22. The van der Waals surface area contributed by atoms with Gasteiger partial charge in [-0.2, -0.15) is 0 Å². The van der Waals surface area contributed by atoms with E-state index in [1.807, 2.05) is 0 Å². The molecule has 0 aromatic heterocycles. The van der Waals surface area contributed by atoms with Crippen molar-refractivity contribution in [3.8, 4) is 0 Å². The largest absolute Gasteiger partial charge is 0.385 e. The Balaban J connectivity index is 2.16. The van der Waals surface area contributed by atoms with Crippen LogP contribution in [0.2, 0.25) is 0 Å². The van der Waals surface area contributed by atoms with E-state index >= 15 is 0 Å². The first-order valence-electron chi connectivity index (χ1n) is 6.09. The van der Waals surface area contributed by atoms with Crippen molar-refractivity contribution in [2.75, 3.05) is 26.9 Å². The molecule has 1 unspecified atom stereocenters. The maximum Gasteiger partial charge on any atom is 0.149 e. The Morgan fingerprint density at radius 2 is 2.19 bits per heavy atom. The first-order chi connectivity index (χ1) is 7.74. The fraction of sp³-hybridized carbons (Fsp3) is 0.917. The number of ether oxygens (including phenoxy) is 2. The second kappa shape index (κ2) is 7.76. The molecule has 0 amide bonds. The third-order valence-electron chi connectivity index (χ3n) is 3.11. The van der Waals surface area contributed by atoms with Crippen LogP contribution in [-0.2, 0) is 14.3 Å². The number of hydrogen-bond acceptors (Lipinski definition) is 4. The zero-order valence-corrected chi connectivity index (χ0v) is 10.1. The summed E-state index contributed by atoms with van der Waals surface area (Å²) in [5.74, 6) is 0.678.